The molecule has 0 heterocycles. The number of hydrogen-bond acceptors (Lipinski definition) is 3. The number of hydrogen-bond donors (Lipinski definition) is 2. The maximum absolute atomic E-state index is 11.9. The molecule has 1 aliphatic carbocycles. The summed E-state index contributed by atoms with van der Waals surface area (Å²) >= 11 is -0.993. The lowest BCUT2D eigenvalue weighted by molar-refractivity contribution is 0.0696. The molecule has 1 aliphatic rings. The van der Waals surface area contributed by atoms with Gasteiger partial charge in [-0.15, -0.1) is 4.72 Å². The summed E-state index contributed by atoms with van der Waals surface area (Å²) in [4.78, 5) is 0. The fourth-order valence-electron chi connectivity index (χ4n) is 1.82. The van der Waals surface area contributed by atoms with Crippen LogP contribution in [0.3, 0.4) is 0 Å². The van der Waals surface area contributed by atoms with Crippen molar-refractivity contribution in [3.63, 3.8) is 0 Å². The Morgan fingerprint density at radius 1 is 1.33 bits per heavy atom. The van der Waals surface area contributed by atoms with E-state index < -0.39 is 11.4 Å². The Kier molecular flexibility index (Phi) is 4.47. The van der Waals surface area contributed by atoms with Crippen LogP contribution in [0.5, 0.6) is 0 Å². The molecule has 1 saturated carbocycles. The number of aliphatic hydroxyl groups excluding tert-OH is 1. The van der Waals surface area contributed by atoms with Crippen LogP contribution >= 0.6 is 0 Å². The lowest BCUT2D eigenvalue weighted by Crippen LogP contribution is -2.47. The van der Waals surface area contributed by atoms with E-state index in [2.05, 4.69) is 11.6 Å². The molecule has 1 rings (SSSR count). The molecule has 0 bridgehead atoms. The van der Waals surface area contributed by atoms with Gasteiger partial charge in [0.05, 0.1) is 12.1 Å². The van der Waals surface area contributed by atoms with Gasteiger partial charge in [0, 0.05) is 11.4 Å². The third-order valence-corrected chi connectivity index (χ3v) is 4.61. The molecule has 0 spiro atoms. The Morgan fingerprint density at radius 2 is 1.93 bits per heavy atom. The van der Waals surface area contributed by atoms with E-state index in [9.17, 15) is 9.66 Å². The molecule has 2 N–H and O–H groups in total. The Labute approximate surface area is 96.0 Å². The summed E-state index contributed by atoms with van der Waals surface area (Å²) in [6.45, 7) is 7.96. The van der Waals surface area contributed by atoms with Gasteiger partial charge in [-0.2, -0.15) is 0 Å². The highest BCUT2D eigenvalue weighted by Gasteiger charge is 2.33. The van der Waals surface area contributed by atoms with Crippen LogP contribution < -0.4 is 4.72 Å². The molecule has 0 aromatic heterocycles. The predicted molar refractivity (Wildman–Crippen MR) is 63.8 cm³/mol. The molecular formula is C11H23NO2S. The van der Waals surface area contributed by atoms with Crippen molar-refractivity contribution in [3.05, 3.63) is 0 Å². The summed E-state index contributed by atoms with van der Waals surface area (Å²) in [7, 11) is 0. The van der Waals surface area contributed by atoms with Gasteiger partial charge in [0.25, 0.3) is 0 Å². The van der Waals surface area contributed by atoms with Crippen LogP contribution in [0.2, 0.25) is 0 Å². The minimum atomic E-state index is -0.993. The maximum Gasteiger partial charge on any atom is 0.136 e. The minimum Gasteiger partial charge on any atom is -0.598 e. The van der Waals surface area contributed by atoms with Gasteiger partial charge in [0.1, 0.15) is 4.75 Å². The van der Waals surface area contributed by atoms with Crippen LogP contribution in [0.25, 0.3) is 0 Å². The van der Waals surface area contributed by atoms with E-state index in [0.29, 0.717) is 12.0 Å². The smallest absolute Gasteiger partial charge is 0.136 e. The zero-order valence-electron chi connectivity index (χ0n) is 10.1. The summed E-state index contributed by atoms with van der Waals surface area (Å²) in [5.41, 5.74) is 0. The summed E-state index contributed by atoms with van der Waals surface area (Å²) in [5.74, 6) is 0.313. The average Bonchev–Trinajstić information content (AvgIpc) is 2.10. The molecule has 3 nitrogen and oxygen atoms in total. The molecule has 0 radical (unpaired) electrons. The highest BCUT2D eigenvalue weighted by atomic mass is 32.2. The molecule has 0 unspecified atom stereocenters. The van der Waals surface area contributed by atoms with Crippen molar-refractivity contribution in [2.75, 3.05) is 0 Å². The molecule has 0 aromatic carbocycles. The van der Waals surface area contributed by atoms with Crippen LogP contribution in [0.1, 0.15) is 47.0 Å². The number of nitrogens with one attached hydrogen (secondary N) is 1. The van der Waals surface area contributed by atoms with E-state index in [4.69, 9.17) is 0 Å². The van der Waals surface area contributed by atoms with E-state index >= 15 is 0 Å². The average molecular weight is 233 g/mol. The molecule has 90 valence electrons. The van der Waals surface area contributed by atoms with Crippen molar-refractivity contribution in [2.24, 2.45) is 5.92 Å². The monoisotopic (exact) mass is 233 g/mol. The minimum absolute atomic E-state index is 0.175. The fraction of sp³-hybridized carbons (Fsp3) is 1.00. The largest absolute Gasteiger partial charge is 0.598 e. The summed E-state index contributed by atoms with van der Waals surface area (Å²) in [5, 5.41) is 9.59. The zero-order chi connectivity index (χ0) is 11.6. The van der Waals surface area contributed by atoms with Gasteiger partial charge in [0.15, 0.2) is 0 Å². The van der Waals surface area contributed by atoms with E-state index in [-0.39, 0.29) is 10.9 Å². The van der Waals surface area contributed by atoms with Crippen LogP contribution in [-0.2, 0) is 11.4 Å². The fourth-order valence-corrected chi connectivity index (χ4v) is 2.69. The normalized spacial score (nSPS) is 35.2. The van der Waals surface area contributed by atoms with Crippen LogP contribution in [0.15, 0.2) is 0 Å². The first-order valence-electron chi connectivity index (χ1n) is 5.67. The van der Waals surface area contributed by atoms with Crippen LogP contribution in [0, 0.1) is 5.92 Å². The molecule has 0 saturated heterocycles. The molecule has 15 heavy (non-hydrogen) atoms. The van der Waals surface area contributed by atoms with Crippen molar-refractivity contribution >= 4 is 11.4 Å². The first kappa shape index (κ1) is 13.3. The topological polar surface area (TPSA) is 55.3 Å². The predicted octanol–water partition coefficient (Wildman–Crippen LogP) is 1.59. The quantitative estimate of drug-likeness (QED) is 0.712. The number of rotatable bonds is 2. The van der Waals surface area contributed by atoms with Crippen molar-refractivity contribution in [3.8, 4) is 0 Å². The van der Waals surface area contributed by atoms with Crippen molar-refractivity contribution in [1.82, 2.24) is 4.72 Å². The van der Waals surface area contributed by atoms with E-state index in [1.807, 2.05) is 20.8 Å². The molecular weight excluding hydrogens is 210 g/mol. The Morgan fingerprint density at radius 3 is 2.40 bits per heavy atom. The first-order chi connectivity index (χ1) is 6.80. The lowest BCUT2D eigenvalue weighted by atomic mass is 9.85. The second-order valence-corrected chi connectivity index (χ2v) is 7.55. The van der Waals surface area contributed by atoms with Crippen LogP contribution in [0.4, 0.5) is 0 Å². The van der Waals surface area contributed by atoms with Crippen LogP contribution in [-0.4, -0.2) is 26.6 Å². The summed E-state index contributed by atoms with van der Waals surface area (Å²) in [6.07, 6.45) is 2.49. The van der Waals surface area contributed by atoms with Gasteiger partial charge in [-0.3, -0.25) is 0 Å². The van der Waals surface area contributed by atoms with Gasteiger partial charge in [-0.1, -0.05) is 6.92 Å². The van der Waals surface area contributed by atoms with Gasteiger partial charge in [0.2, 0.25) is 0 Å². The lowest BCUT2D eigenvalue weighted by Gasteiger charge is -2.34. The summed E-state index contributed by atoms with van der Waals surface area (Å²) in [6, 6.07) is 0.295. The molecule has 0 aliphatic heterocycles. The molecule has 0 aromatic rings. The van der Waals surface area contributed by atoms with Gasteiger partial charge >= 0.3 is 0 Å². The van der Waals surface area contributed by atoms with Crippen molar-refractivity contribution < 1.29 is 9.66 Å². The van der Waals surface area contributed by atoms with E-state index in [1.165, 1.54) is 0 Å². The van der Waals surface area contributed by atoms with Gasteiger partial charge in [-0.05, 0) is 46.0 Å². The first-order valence-corrected chi connectivity index (χ1v) is 6.82. The molecule has 0 amide bonds. The van der Waals surface area contributed by atoms with Gasteiger partial charge < -0.3 is 9.66 Å². The maximum atomic E-state index is 11.9. The Balaban J connectivity index is 2.40. The second kappa shape index (κ2) is 5.04. The Bertz CT molecular complexity index is 205. The van der Waals surface area contributed by atoms with Crippen molar-refractivity contribution in [2.45, 2.75) is 63.9 Å². The third kappa shape index (κ3) is 3.94. The van der Waals surface area contributed by atoms with E-state index in [0.717, 1.165) is 19.3 Å². The number of aliphatic hydroxyl groups is 1. The summed E-state index contributed by atoms with van der Waals surface area (Å²) < 4.78 is 14.8. The highest BCUT2D eigenvalue weighted by molar-refractivity contribution is 7.90. The molecule has 4 heteroatoms. The molecule has 1 fully saturated rings. The standard InChI is InChI=1S/C11H23NO2S/c1-8-7-9(5-6-10(8)13)12-15(14)11(2,3)4/h8-10,12-13H,5-7H2,1-4H3/t8-,9-,10-,15-/m0/s1. The second-order valence-electron chi connectivity index (χ2n) is 5.55. The zero-order valence-corrected chi connectivity index (χ0v) is 10.9. The van der Waals surface area contributed by atoms with Gasteiger partial charge in [-0.25, -0.2) is 0 Å². The SMILES string of the molecule is C[C@H]1C[C@@H](N[S@@+]([O-])C(C)(C)C)CC[C@@H]1O. The Hall–Kier alpha value is 0.230. The van der Waals surface area contributed by atoms with E-state index in [1.54, 1.807) is 0 Å². The third-order valence-electron chi connectivity index (χ3n) is 2.95. The molecule has 4 atom stereocenters. The highest BCUT2D eigenvalue weighted by Crippen LogP contribution is 2.26. The van der Waals surface area contributed by atoms with Crippen molar-refractivity contribution in [1.29, 1.82) is 0 Å².